The Bertz CT molecular complexity index is 2530. The molecule has 7 aromatic carbocycles. The highest BCUT2D eigenvalue weighted by Crippen LogP contribution is 2.65. The Balaban J connectivity index is 1.39. The Morgan fingerprint density at radius 1 is 0.646 bits per heavy atom. The summed E-state index contributed by atoms with van der Waals surface area (Å²) in [6.45, 7) is 6.16. The van der Waals surface area contributed by atoms with E-state index in [9.17, 15) is 0 Å². The van der Waals surface area contributed by atoms with E-state index in [0.29, 0.717) is 6.42 Å². The summed E-state index contributed by atoms with van der Waals surface area (Å²) in [7, 11) is 0. The highest BCUT2D eigenvalue weighted by atomic mass is 14.6. The van der Waals surface area contributed by atoms with Crippen molar-refractivity contribution in [3.05, 3.63) is 198 Å². The predicted molar refractivity (Wildman–Crippen MR) is 205 cm³/mol. The van der Waals surface area contributed by atoms with Crippen LogP contribution in [0, 0.1) is 0 Å². The first kappa shape index (κ1) is 28.3. The van der Waals surface area contributed by atoms with Crippen LogP contribution in [0.2, 0.25) is 0 Å². The van der Waals surface area contributed by atoms with Gasteiger partial charge in [0.2, 0.25) is 0 Å². The summed E-state index contributed by atoms with van der Waals surface area (Å²) in [5.41, 5.74) is 19.7. The van der Waals surface area contributed by atoms with Gasteiger partial charge in [-0.3, -0.25) is 0 Å². The van der Waals surface area contributed by atoms with Gasteiger partial charge in [0.25, 0.3) is 0 Å². The Hall–Kier alpha value is -5.92. The van der Waals surface area contributed by atoms with E-state index in [0.717, 1.165) is 16.8 Å². The van der Waals surface area contributed by atoms with Crippen LogP contribution in [0.15, 0.2) is 170 Å². The Labute approximate surface area is 281 Å². The minimum atomic E-state index is -0.450. The second-order valence-corrected chi connectivity index (χ2v) is 13.0. The molecule has 1 spiro atoms. The largest absolute Gasteiger partial charge is 0.402 e. The molecule has 0 saturated carbocycles. The molecular weight excluding hydrogens is 579 g/mol. The molecule has 0 unspecified atom stereocenters. The van der Waals surface area contributed by atoms with E-state index in [1.54, 1.807) is 0 Å². The van der Waals surface area contributed by atoms with Gasteiger partial charge < -0.3 is 5.73 Å². The highest BCUT2D eigenvalue weighted by molar-refractivity contribution is 6.20. The summed E-state index contributed by atoms with van der Waals surface area (Å²) in [4.78, 5) is 0. The van der Waals surface area contributed by atoms with Crippen molar-refractivity contribution in [1.82, 2.24) is 0 Å². The Kier molecular flexibility index (Phi) is 6.39. The van der Waals surface area contributed by atoms with Crippen molar-refractivity contribution < 1.29 is 0 Å². The average molecular weight is 614 g/mol. The second-order valence-electron chi connectivity index (χ2n) is 13.0. The van der Waals surface area contributed by atoms with Crippen LogP contribution in [0.5, 0.6) is 0 Å². The standard InChI is InChI=1S/C47H35N/c1-3-5-14-34(48)26-25-30(4-2)31-23-24-32-28-41-44(29-33(32)27-31)47(42-21-12-10-17-37(42)38-18-11-13-22-43(38)47)46-40-20-9-7-16-36(40)35-15-6-8-19-39(35)45(41)46/h3-25,27-29H,2,26,48H2,1H3/b5-3-,30-25+,34-14-. The van der Waals surface area contributed by atoms with E-state index in [2.05, 4.69) is 140 Å². The van der Waals surface area contributed by atoms with Gasteiger partial charge >= 0.3 is 0 Å². The van der Waals surface area contributed by atoms with Crippen molar-refractivity contribution in [2.45, 2.75) is 18.8 Å². The van der Waals surface area contributed by atoms with Gasteiger partial charge in [-0.1, -0.05) is 140 Å². The topological polar surface area (TPSA) is 26.0 Å². The zero-order chi connectivity index (χ0) is 32.4. The van der Waals surface area contributed by atoms with Gasteiger partial charge in [0.15, 0.2) is 0 Å². The molecule has 1 nitrogen and oxygen atoms in total. The van der Waals surface area contributed by atoms with E-state index >= 15 is 0 Å². The third kappa shape index (κ3) is 3.85. The molecule has 0 heterocycles. The van der Waals surface area contributed by atoms with Gasteiger partial charge in [0, 0.05) is 12.1 Å². The summed E-state index contributed by atoms with van der Waals surface area (Å²) in [5.74, 6) is 0. The van der Waals surface area contributed by atoms with Gasteiger partial charge in [-0.25, -0.2) is 0 Å². The lowest BCUT2D eigenvalue weighted by Crippen LogP contribution is -2.26. The highest BCUT2D eigenvalue weighted by Gasteiger charge is 2.53. The minimum absolute atomic E-state index is 0.450. The minimum Gasteiger partial charge on any atom is -0.402 e. The molecule has 1 heteroatoms. The van der Waals surface area contributed by atoms with Gasteiger partial charge in [0.05, 0.1) is 5.41 Å². The van der Waals surface area contributed by atoms with Gasteiger partial charge in [0.1, 0.15) is 0 Å². The fraction of sp³-hybridized carbons (Fsp3) is 0.0638. The molecule has 2 aliphatic carbocycles. The maximum atomic E-state index is 6.29. The molecule has 9 rings (SSSR count). The van der Waals surface area contributed by atoms with Crippen molar-refractivity contribution in [3.8, 4) is 22.3 Å². The normalized spacial score (nSPS) is 14.5. The number of rotatable bonds is 5. The lowest BCUT2D eigenvalue weighted by molar-refractivity contribution is 0.803. The molecular formula is C47H35N. The zero-order valence-corrected chi connectivity index (χ0v) is 27.0. The molecule has 0 saturated heterocycles. The molecule has 0 bridgehead atoms. The number of benzene rings is 7. The average Bonchev–Trinajstić information content (AvgIpc) is 3.60. The molecule has 7 aromatic rings. The van der Waals surface area contributed by atoms with Crippen molar-refractivity contribution in [2.24, 2.45) is 5.73 Å². The van der Waals surface area contributed by atoms with Crippen LogP contribution in [-0.4, -0.2) is 0 Å². The quantitative estimate of drug-likeness (QED) is 0.152. The lowest BCUT2D eigenvalue weighted by atomic mass is 9.69. The van der Waals surface area contributed by atoms with E-state index in [1.165, 1.54) is 76.8 Å². The molecule has 0 aliphatic heterocycles. The first-order valence-electron chi connectivity index (χ1n) is 16.8. The van der Waals surface area contributed by atoms with Crippen LogP contribution in [0.3, 0.4) is 0 Å². The van der Waals surface area contributed by atoms with Crippen molar-refractivity contribution in [1.29, 1.82) is 0 Å². The molecule has 0 radical (unpaired) electrons. The second kappa shape index (κ2) is 10.8. The molecule has 0 aromatic heterocycles. The Morgan fingerprint density at radius 2 is 1.27 bits per heavy atom. The number of allylic oxidation sites excluding steroid dienone is 6. The number of nitrogens with two attached hydrogens (primary N) is 1. The maximum Gasteiger partial charge on any atom is 0.0731 e. The number of hydrogen-bond donors (Lipinski definition) is 1. The van der Waals surface area contributed by atoms with Crippen molar-refractivity contribution >= 4 is 37.9 Å². The number of fused-ring (bicyclic) bond motifs is 16. The summed E-state index contributed by atoms with van der Waals surface area (Å²) in [5, 5.41) is 7.68. The summed E-state index contributed by atoms with van der Waals surface area (Å²) in [6, 6.07) is 47.9. The molecule has 48 heavy (non-hydrogen) atoms. The third-order valence-corrected chi connectivity index (χ3v) is 10.5. The fourth-order valence-electron chi connectivity index (χ4n) is 8.57. The maximum absolute atomic E-state index is 6.29. The number of hydrogen-bond acceptors (Lipinski definition) is 1. The summed E-state index contributed by atoms with van der Waals surface area (Å²) < 4.78 is 0. The van der Waals surface area contributed by atoms with Crippen molar-refractivity contribution in [3.63, 3.8) is 0 Å². The molecule has 228 valence electrons. The van der Waals surface area contributed by atoms with Crippen LogP contribution in [0.4, 0.5) is 0 Å². The van der Waals surface area contributed by atoms with E-state index in [-0.39, 0.29) is 0 Å². The van der Waals surface area contributed by atoms with Gasteiger partial charge in [-0.2, -0.15) is 0 Å². The van der Waals surface area contributed by atoms with Crippen LogP contribution < -0.4 is 5.73 Å². The summed E-state index contributed by atoms with van der Waals surface area (Å²) >= 11 is 0. The Morgan fingerprint density at radius 3 is 1.96 bits per heavy atom. The van der Waals surface area contributed by atoms with E-state index in [1.807, 2.05) is 31.2 Å². The predicted octanol–water partition coefficient (Wildman–Crippen LogP) is 11.9. The monoisotopic (exact) mass is 613 g/mol. The van der Waals surface area contributed by atoms with Crippen LogP contribution in [0.1, 0.15) is 41.2 Å². The van der Waals surface area contributed by atoms with Crippen LogP contribution in [-0.2, 0) is 5.41 Å². The van der Waals surface area contributed by atoms with Crippen LogP contribution >= 0.6 is 0 Å². The van der Waals surface area contributed by atoms with Crippen molar-refractivity contribution in [2.75, 3.05) is 0 Å². The summed E-state index contributed by atoms with van der Waals surface area (Å²) in [6.07, 6.45) is 10.7. The van der Waals surface area contributed by atoms with E-state index < -0.39 is 5.41 Å². The first-order valence-corrected chi connectivity index (χ1v) is 16.8. The van der Waals surface area contributed by atoms with Crippen LogP contribution in [0.25, 0.3) is 60.1 Å². The molecule has 2 N–H and O–H groups in total. The van der Waals surface area contributed by atoms with E-state index in [4.69, 9.17) is 5.73 Å². The molecule has 0 fully saturated rings. The third-order valence-electron chi connectivity index (χ3n) is 10.5. The smallest absolute Gasteiger partial charge is 0.0731 e. The first-order chi connectivity index (χ1) is 23.6. The lowest BCUT2D eigenvalue weighted by Gasteiger charge is -2.32. The van der Waals surface area contributed by atoms with Gasteiger partial charge in [-0.15, -0.1) is 0 Å². The molecule has 0 amide bonds. The SMILES string of the molecule is C=C/C(=C\C/C(N)=C/C=C\C)c1ccc2cc3c(cc2c1)C1(c2ccccc2-c2ccccc21)c1c-3c2ccccc2c2ccccc12. The molecule has 0 atom stereocenters. The molecule has 2 aliphatic rings. The zero-order valence-electron chi connectivity index (χ0n) is 27.0. The van der Waals surface area contributed by atoms with Gasteiger partial charge in [-0.05, 0) is 119 Å². The fourth-order valence-corrected chi connectivity index (χ4v) is 8.57.